The molecule has 1 aromatic carbocycles. The molecule has 1 aromatic rings. The van der Waals surface area contributed by atoms with E-state index in [2.05, 4.69) is 5.32 Å². The summed E-state index contributed by atoms with van der Waals surface area (Å²) >= 11 is 0. The van der Waals surface area contributed by atoms with Crippen LogP contribution in [-0.2, 0) is 14.3 Å². The SMILES string of the molecule is CC(C)C(NC(=O)c1c(F)cccc1F)C(=O)N1CCC(C2OCCO2)CC1. The van der Waals surface area contributed by atoms with Gasteiger partial charge in [-0.3, -0.25) is 9.59 Å². The normalized spacial score (nSPS) is 19.8. The van der Waals surface area contributed by atoms with Gasteiger partial charge in [0, 0.05) is 19.0 Å². The highest BCUT2D eigenvalue weighted by Crippen LogP contribution is 2.26. The molecule has 1 atom stereocenters. The molecular formula is C20H26F2N2O4. The van der Waals surface area contributed by atoms with Crippen molar-refractivity contribution < 1.29 is 27.8 Å². The van der Waals surface area contributed by atoms with Gasteiger partial charge in [0.2, 0.25) is 5.91 Å². The first-order valence-corrected chi connectivity index (χ1v) is 9.65. The van der Waals surface area contributed by atoms with Gasteiger partial charge in [0.15, 0.2) is 6.29 Å². The van der Waals surface area contributed by atoms with Crippen LogP contribution in [0.25, 0.3) is 0 Å². The third kappa shape index (κ3) is 4.50. The number of rotatable bonds is 5. The number of amides is 2. The molecule has 3 rings (SSSR count). The van der Waals surface area contributed by atoms with Gasteiger partial charge in [0.05, 0.1) is 13.2 Å². The van der Waals surface area contributed by atoms with Crippen LogP contribution in [0.15, 0.2) is 18.2 Å². The molecule has 154 valence electrons. The average molecular weight is 396 g/mol. The molecule has 2 saturated heterocycles. The predicted octanol–water partition coefficient (Wildman–Crippen LogP) is 2.33. The van der Waals surface area contributed by atoms with Gasteiger partial charge in [-0.15, -0.1) is 0 Å². The summed E-state index contributed by atoms with van der Waals surface area (Å²) in [5, 5.41) is 2.52. The van der Waals surface area contributed by atoms with E-state index >= 15 is 0 Å². The molecule has 0 saturated carbocycles. The number of benzene rings is 1. The molecule has 2 heterocycles. The maximum absolute atomic E-state index is 13.9. The number of halogens is 2. The van der Waals surface area contributed by atoms with Crippen LogP contribution in [0.5, 0.6) is 0 Å². The lowest BCUT2D eigenvalue weighted by Crippen LogP contribution is -2.53. The van der Waals surface area contributed by atoms with E-state index in [4.69, 9.17) is 9.47 Å². The second-order valence-corrected chi connectivity index (χ2v) is 7.56. The number of carbonyl (C=O) groups excluding carboxylic acids is 2. The lowest BCUT2D eigenvalue weighted by atomic mass is 9.94. The van der Waals surface area contributed by atoms with Crippen molar-refractivity contribution in [2.45, 2.75) is 39.0 Å². The first kappa shape index (κ1) is 20.7. The molecule has 0 radical (unpaired) electrons. The summed E-state index contributed by atoms with van der Waals surface area (Å²) < 4.78 is 38.8. The van der Waals surface area contributed by atoms with E-state index in [9.17, 15) is 18.4 Å². The van der Waals surface area contributed by atoms with E-state index < -0.39 is 29.1 Å². The topological polar surface area (TPSA) is 67.9 Å². The predicted molar refractivity (Wildman–Crippen MR) is 97.4 cm³/mol. The van der Waals surface area contributed by atoms with E-state index in [1.165, 1.54) is 6.07 Å². The van der Waals surface area contributed by atoms with Crippen molar-refractivity contribution in [3.05, 3.63) is 35.4 Å². The van der Waals surface area contributed by atoms with Gasteiger partial charge < -0.3 is 19.7 Å². The van der Waals surface area contributed by atoms with Gasteiger partial charge in [-0.25, -0.2) is 8.78 Å². The standard InChI is InChI=1S/C20H26F2N2O4/c1-12(2)17(23-18(25)16-14(21)4-3-5-15(16)22)19(26)24-8-6-13(7-9-24)20-27-10-11-28-20/h3-5,12-13,17,20H,6-11H2,1-2H3,(H,23,25). The van der Waals surface area contributed by atoms with Crippen molar-refractivity contribution in [2.75, 3.05) is 26.3 Å². The Morgan fingerprint density at radius 1 is 1.11 bits per heavy atom. The highest BCUT2D eigenvalue weighted by molar-refractivity contribution is 5.98. The van der Waals surface area contributed by atoms with E-state index in [0.717, 1.165) is 25.0 Å². The van der Waals surface area contributed by atoms with Gasteiger partial charge in [-0.1, -0.05) is 19.9 Å². The van der Waals surface area contributed by atoms with Crippen molar-refractivity contribution in [1.82, 2.24) is 10.2 Å². The second kappa shape index (κ2) is 8.96. The highest BCUT2D eigenvalue weighted by atomic mass is 19.1. The summed E-state index contributed by atoms with van der Waals surface area (Å²) in [5.41, 5.74) is -0.671. The summed E-state index contributed by atoms with van der Waals surface area (Å²) in [6, 6.07) is 2.36. The van der Waals surface area contributed by atoms with Gasteiger partial charge in [-0.2, -0.15) is 0 Å². The molecule has 1 unspecified atom stereocenters. The number of ether oxygens (including phenoxy) is 2. The molecule has 0 aliphatic carbocycles. The first-order chi connectivity index (χ1) is 13.4. The molecule has 1 N–H and O–H groups in total. The molecule has 8 heteroatoms. The monoisotopic (exact) mass is 396 g/mol. The fourth-order valence-corrected chi connectivity index (χ4v) is 3.68. The molecule has 2 aliphatic heterocycles. The summed E-state index contributed by atoms with van der Waals surface area (Å²) in [6.07, 6.45) is 1.29. The van der Waals surface area contributed by atoms with Crippen LogP contribution in [-0.4, -0.2) is 55.3 Å². The van der Waals surface area contributed by atoms with Crippen molar-refractivity contribution in [2.24, 2.45) is 11.8 Å². The first-order valence-electron chi connectivity index (χ1n) is 9.65. The number of hydrogen-bond donors (Lipinski definition) is 1. The Morgan fingerprint density at radius 2 is 1.68 bits per heavy atom. The zero-order valence-corrected chi connectivity index (χ0v) is 16.1. The Morgan fingerprint density at radius 3 is 2.21 bits per heavy atom. The Hall–Kier alpha value is -2.06. The Balaban J connectivity index is 1.63. The van der Waals surface area contributed by atoms with Crippen molar-refractivity contribution in [3.63, 3.8) is 0 Å². The summed E-state index contributed by atoms with van der Waals surface area (Å²) in [6.45, 7) is 5.82. The van der Waals surface area contributed by atoms with Gasteiger partial charge in [0.1, 0.15) is 23.2 Å². The number of carbonyl (C=O) groups is 2. The molecule has 0 spiro atoms. The Kier molecular flexibility index (Phi) is 6.61. The minimum absolute atomic E-state index is 0.207. The summed E-state index contributed by atoms with van der Waals surface area (Å²) in [7, 11) is 0. The van der Waals surface area contributed by atoms with Crippen LogP contribution in [0.4, 0.5) is 8.78 Å². The lowest BCUT2D eigenvalue weighted by Gasteiger charge is -2.36. The van der Waals surface area contributed by atoms with E-state index in [0.29, 0.717) is 26.3 Å². The molecule has 0 aromatic heterocycles. The van der Waals surface area contributed by atoms with E-state index in [-0.39, 0.29) is 24.0 Å². The smallest absolute Gasteiger partial charge is 0.257 e. The van der Waals surface area contributed by atoms with Gasteiger partial charge in [0.25, 0.3) is 5.91 Å². The number of piperidine rings is 1. The molecule has 6 nitrogen and oxygen atoms in total. The number of hydrogen-bond acceptors (Lipinski definition) is 4. The van der Waals surface area contributed by atoms with E-state index in [1.807, 2.05) is 0 Å². The van der Waals surface area contributed by atoms with Crippen LogP contribution in [0, 0.1) is 23.5 Å². The minimum atomic E-state index is -0.954. The summed E-state index contributed by atoms with van der Waals surface area (Å²) in [5.74, 6) is -3.07. The quantitative estimate of drug-likeness (QED) is 0.830. The van der Waals surface area contributed by atoms with Crippen molar-refractivity contribution >= 4 is 11.8 Å². The lowest BCUT2D eigenvalue weighted by molar-refractivity contribution is -0.139. The van der Waals surface area contributed by atoms with Crippen LogP contribution >= 0.6 is 0 Å². The molecule has 0 bridgehead atoms. The Labute approximate surface area is 163 Å². The van der Waals surface area contributed by atoms with Gasteiger partial charge in [-0.05, 0) is 30.9 Å². The number of nitrogens with zero attached hydrogens (tertiary/aromatic N) is 1. The molecule has 2 amide bonds. The van der Waals surface area contributed by atoms with Crippen molar-refractivity contribution in [1.29, 1.82) is 0 Å². The Bertz CT molecular complexity index is 694. The zero-order chi connectivity index (χ0) is 20.3. The summed E-state index contributed by atoms with van der Waals surface area (Å²) in [4.78, 5) is 27.1. The molecule has 28 heavy (non-hydrogen) atoms. The van der Waals surface area contributed by atoms with Crippen LogP contribution in [0.3, 0.4) is 0 Å². The van der Waals surface area contributed by atoms with Crippen LogP contribution < -0.4 is 5.32 Å². The fourth-order valence-electron chi connectivity index (χ4n) is 3.68. The maximum atomic E-state index is 13.9. The fraction of sp³-hybridized carbons (Fsp3) is 0.600. The van der Waals surface area contributed by atoms with Crippen LogP contribution in [0.2, 0.25) is 0 Å². The molecular weight excluding hydrogens is 370 g/mol. The third-order valence-electron chi connectivity index (χ3n) is 5.29. The maximum Gasteiger partial charge on any atom is 0.257 e. The van der Waals surface area contributed by atoms with Crippen molar-refractivity contribution in [3.8, 4) is 0 Å². The second-order valence-electron chi connectivity index (χ2n) is 7.56. The van der Waals surface area contributed by atoms with Crippen LogP contribution in [0.1, 0.15) is 37.0 Å². The molecule has 2 aliphatic rings. The molecule has 2 fully saturated rings. The largest absolute Gasteiger partial charge is 0.350 e. The third-order valence-corrected chi connectivity index (χ3v) is 5.29. The average Bonchev–Trinajstić information content (AvgIpc) is 3.20. The minimum Gasteiger partial charge on any atom is -0.350 e. The highest BCUT2D eigenvalue weighted by Gasteiger charge is 2.35. The van der Waals surface area contributed by atoms with E-state index in [1.54, 1.807) is 18.7 Å². The number of likely N-dealkylation sites (tertiary alicyclic amines) is 1. The zero-order valence-electron chi connectivity index (χ0n) is 16.1. The number of nitrogens with one attached hydrogen (secondary N) is 1. The van der Waals surface area contributed by atoms with Gasteiger partial charge >= 0.3 is 0 Å².